The van der Waals surface area contributed by atoms with E-state index >= 15 is 0 Å². The largest absolute Gasteiger partial charge is 0.497 e. The van der Waals surface area contributed by atoms with Crippen LogP contribution in [0.2, 0.25) is 0 Å². The second-order valence-electron chi connectivity index (χ2n) is 7.55. The van der Waals surface area contributed by atoms with Crippen LogP contribution in [0, 0.1) is 0 Å². The molecule has 0 aliphatic heterocycles. The molecule has 0 fully saturated rings. The summed E-state index contributed by atoms with van der Waals surface area (Å²) in [5.74, 6) is -0.228. The molecule has 34 heavy (non-hydrogen) atoms. The number of benzene rings is 4. The maximum atomic E-state index is 13.1. The minimum absolute atomic E-state index is 0.132. The van der Waals surface area contributed by atoms with E-state index in [2.05, 4.69) is 5.32 Å². The van der Waals surface area contributed by atoms with Gasteiger partial charge >= 0.3 is 0 Å². The number of hydrogen-bond acceptors (Lipinski definition) is 5. The smallest absolute Gasteiger partial charge is 0.255 e. The van der Waals surface area contributed by atoms with Crippen molar-refractivity contribution in [3.63, 3.8) is 0 Å². The molecule has 3 N–H and O–H groups in total. The lowest BCUT2D eigenvalue weighted by Crippen LogP contribution is -2.17. The molecule has 4 aromatic carbocycles. The molecule has 0 atom stereocenters. The zero-order chi connectivity index (χ0) is 24.1. The van der Waals surface area contributed by atoms with Gasteiger partial charge in [-0.1, -0.05) is 48.5 Å². The van der Waals surface area contributed by atoms with Gasteiger partial charge in [-0.15, -0.1) is 0 Å². The summed E-state index contributed by atoms with van der Waals surface area (Å²) in [5.41, 5.74) is 8.68. The summed E-state index contributed by atoms with van der Waals surface area (Å²) in [5, 5.41) is 2.75. The zero-order valence-corrected chi connectivity index (χ0v) is 18.4. The minimum atomic E-state index is -0.444. The molecular weight excluding hydrogens is 428 g/mol. The fourth-order valence-corrected chi connectivity index (χ4v) is 3.51. The van der Waals surface area contributed by atoms with Crippen molar-refractivity contribution in [1.29, 1.82) is 0 Å². The Labute approximate surface area is 197 Å². The molecule has 1 amide bonds. The van der Waals surface area contributed by atoms with Gasteiger partial charge in [-0.05, 0) is 48.5 Å². The highest BCUT2D eigenvalue weighted by Gasteiger charge is 2.19. The topological polar surface area (TPSA) is 98.5 Å². The number of rotatable bonds is 7. The maximum Gasteiger partial charge on any atom is 0.255 e. The molecule has 168 valence electrons. The Morgan fingerprint density at radius 3 is 1.85 bits per heavy atom. The third kappa shape index (κ3) is 4.71. The van der Waals surface area contributed by atoms with Crippen molar-refractivity contribution in [1.82, 2.24) is 0 Å². The summed E-state index contributed by atoms with van der Waals surface area (Å²) < 4.78 is 5.14. The number of hydrogen-bond donors (Lipinski definition) is 2. The Balaban J connectivity index is 1.56. The van der Waals surface area contributed by atoms with E-state index in [0.29, 0.717) is 28.0 Å². The van der Waals surface area contributed by atoms with Gasteiger partial charge in [-0.3, -0.25) is 14.4 Å². The van der Waals surface area contributed by atoms with Gasteiger partial charge in [0.15, 0.2) is 11.6 Å². The molecule has 0 bridgehead atoms. The highest BCUT2D eigenvalue weighted by atomic mass is 16.5. The third-order valence-corrected chi connectivity index (χ3v) is 5.38. The number of nitrogen functional groups attached to an aromatic ring is 1. The molecule has 6 heteroatoms. The lowest BCUT2D eigenvalue weighted by atomic mass is 10.00. The van der Waals surface area contributed by atoms with Crippen LogP contribution in [0.4, 0.5) is 11.4 Å². The lowest BCUT2D eigenvalue weighted by Gasteiger charge is -2.13. The number of ketones is 2. The number of para-hydroxylation sites is 1. The molecule has 0 aliphatic carbocycles. The van der Waals surface area contributed by atoms with E-state index in [1.54, 1.807) is 98.1 Å². The lowest BCUT2D eigenvalue weighted by molar-refractivity contribution is 0.101. The minimum Gasteiger partial charge on any atom is -0.497 e. The zero-order valence-electron chi connectivity index (χ0n) is 18.4. The predicted octanol–water partition coefficient (Wildman–Crippen LogP) is 4.99. The third-order valence-electron chi connectivity index (χ3n) is 5.38. The Hall–Kier alpha value is -4.71. The van der Waals surface area contributed by atoms with Crippen LogP contribution in [0.3, 0.4) is 0 Å². The average molecular weight is 450 g/mol. The number of nitrogens with two attached hydrogens (primary N) is 1. The molecule has 4 aromatic rings. The number of methoxy groups -OCH3 is 1. The summed E-state index contributed by atoms with van der Waals surface area (Å²) in [6, 6.07) is 26.8. The number of carbonyl (C=O) groups is 3. The SMILES string of the molecule is COc1ccc(C(=O)c2cccc(N)c2NC(=O)c2ccc(C(=O)c3ccccc3)cc2)cc1. The molecule has 0 unspecified atom stereocenters. The number of carbonyl (C=O) groups excluding carboxylic acids is 3. The van der Waals surface area contributed by atoms with Gasteiger partial charge in [0.25, 0.3) is 5.91 Å². The molecule has 4 rings (SSSR count). The predicted molar refractivity (Wildman–Crippen MR) is 132 cm³/mol. The molecule has 0 radical (unpaired) electrons. The number of amides is 1. The second kappa shape index (κ2) is 9.83. The van der Waals surface area contributed by atoms with Crippen molar-refractivity contribution in [3.05, 3.63) is 125 Å². The van der Waals surface area contributed by atoms with E-state index in [0.717, 1.165) is 0 Å². The monoisotopic (exact) mass is 450 g/mol. The Kier molecular flexibility index (Phi) is 6.50. The first-order valence-corrected chi connectivity index (χ1v) is 10.6. The van der Waals surface area contributed by atoms with Crippen LogP contribution in [0.5, 0.6) is 5.75 Å². The van der Waals surface area contributed by atoms with Gasteiger partial charge in [0.05, 0.1) is 18.5 Å². The van der Waals surface area contributed by atoms with Crippen molar-refractivity contribution in [2.45, 2.75) is 0 Å². The van der Waals surface area contributed by atoms with Gasteiger partial charge in [-0.25, -0.2) is 0 Å². The van der Waals surface area contributed by atoms with Crippen LogP contribution in [0.15, 0.2) is 97.1 Å². The first-order chi connectivity index (χ1) is 16.5. The van der Waals surface area contributed by atoms with Gasteiger partial charge in [0, 0.05) is 27.8 Å². The summed E-state index contributed by atoms with van der Waals surface area (Å²) in [7, 11) is 1.55. The van der Waals surface area contributed by atoms with E-state index in [4.69, 9.17) is 10.5 Å². The summed E-state index contributed by atoms with van der Waals surface area (Å²) >= 11 is 0. The molecule has 6 nitrogen and oxygen atoms in total. The van der Waals surface area contributed by atoms with Crippen molar-refractivity contribution in [2.75, 3.05) is 18.2 Å². The number of anilines is 2. The van der Waals surface area contributed by atoms with Gasteiger partial charge in [0.1, 0.15) is 5.75 Å². The molecule has 0 aliphatic rings. The Bertz CT molecular complexity index is 1350. The first kappa shape index (κ1) is 22.5. The van der Waals surface area contributed by atoms with Gasteiger partial charge in [0.2, 0.25) is 0 Å². The van der Waals surface area contributed by atoms with Crippen molar-refractivity contribution < 1.29 is 19.1 Å². The van der Waals surface area contributed by atoms with Crippen LogP contribution >= 0.6 is 0 Å². The van der Waals surface area contributed by atoms with E-state index in [-0.39, 0.29) is 28.5 Å². The Morgan fingerprint density at radius 1 is 0.647 bits per heavy atom. The van der Waals surface area contributed by atoms with Gasteiger partial charge < -0.3 is 15.8 Å². The summed E-state index contributed by atoms with van der Waals surface area (Å²) in [6.45, 7) is 0. The number of nitrogens with one attached hydrogen (secondary N) is 1. The number of ether oxygens (including phenoxy) is 1. The van der Waals surface area contributed by atoms with Crippen LogP contribution in [-0.4, -0.2) is 24.6 Å². The van der Waals surface area contributed by atoms with Crippen LogP contribution in [0.1, 0.15) is 42.2 Å². The van der Waals surface area contributed by atoms with Crippen LogP contribution in [-0.2, 0) is 0 Å². The van der Waals surface area contributed by atoms with Crippen LogP contribution < -0.4 is 15.8 Å². The van der Waals surface area contributed by atoms with E-state index < -0.39 is 5.91 Å². The summed E-state index contributed by atoms with van der Waals surface area (Å²) in [4.78, 5) is 38.6. The molecule has 0 spiro atoms. The highest BCUT2D eigenvalue weighted by Crippen LogP contribution is 2.27. The average Bonchev–Trinajstić information content (AvgIpc) is 2.89. The van der Waals surface area contributed by atoms with E-state index in [1.165, 1.54) is 0 Å². The quantitative estimate of drug-likeness (QED) is 0.305. The molecule has 0 aromatic heterocycles. The molecule has 0 saturated carbocycles. The standard InChI is InChI=1S/C28H22N2O4/c1-34-22-16-14-20(15-17-22)27(32)23-8-5-9-24(29)25(23)30-28(33)21-12-10-19(11-13-21)26(31)18-6-3-2-4-7-18/h2-17H,29H2,1H3,(H,30,33). The second-order valence-corrected chi connectivity index (χ2v) is 7.55. The van der Waals surface area contributed by atoms with Gasteiger partial charge in [-0.2, -0.15) is 0 Å². The van der Waals surface area contributed by atoms with Crippen molar-refractivity contribution in [3.8, 4) is 5.75 Å². The van der Waals surface area contributed by atoms with E-state index in [1.807, 2.05) is 6.07 Å². The molecule has 0 heterocycles. The summed E-state index contributed by atoms with van der Waals surface area (Å²) in [6.07, 6.45) is 0. The first-order valence-electron chi connectivity index (χ1n) is 10.6. The Morgan fingerprint density at radius 2 is 1.21 bits per heavy atom. The maximum absolute atomic E-state index is 13.1. The highest BCUT2D eigenvalue weighted by molar-refractivity contribution is 6.17. The fourth-order valence-electron chi connectivity index (χ4n) is 3.51. The van der Waals surface area contributed by atoms with Crippen LogP contribution in [0.25, 0.3) is 0 Å². The fraction of sp³-hybridized carbons (Fsp3) is 0.0357. The van der Waals surface area contributed by atoms with Crippen molar-refractivity contribution in [2.24, 2.45) is 0 Å². The molecule has 0 saturated heterocycles. The van der Waals surface area contributed by atoms with Crippen molar-refractivity contribution >= 4 is 28.8 Å². The van der Waals surface area contributed by atoms with E-state index in [9.17, 15) is 14.4 Å². The normalized spacial score (nSPS) is 10.4. The molecular formula is C28H22N2O4.